The van der Waals surface area contributed by atoms with E-state index in [0.29, 0.717) is 11.1 Å². The Morgan fingerprint density at radius 2 is 1.79 bits per heavy atom. The fraction of sp³-hybridized carbons (Fsp3) is 0.250. The average Bonchev–Trinajstić information content (AvgIpc) is 1.94. The molecule has 0 spiro atoms. The molecule has 0 fully saturated rings. The molecule has 72 valence electrons. The topological polar surface area (TPSA) is 83.2 Å². The number of hydrogen-bond acceptors (Lipinski definition) is 4. The molecule has 0 aliphatic rings. The first-order valence-electron chi connectivity index (χ1n) is 3.65. The second kappa shape index (κ2) is 4.63. The van der Waals surface area contributed by atoms with Crippen molar-refractivity contribution in [2.75, 3.05) is 5.73 Å². The zero-order chi connectivity index (χ0) is 10.2. The van der Waals surface area contributed by atoms with E-state index < -0.39 is 10.1 Å². The molecule has 0 aromatic heterocycles. The number of benzene rings is 1. The first kappa shape index (κ1) is 13.9. The van der Waals surface area contributed by atoms with Crippen LogP contribution in [0.25, 0.3) is 0 Å². The molecule has 0 saturated carbocycles. The van der Waals surface area contributed by atoms with Crippen molar-refractivity contribution < 1.29 is 42.5 Å². The SMILES string of the molecule is Cc1cc(C)c(N)c(S(=O)(=O)[O-])c1.[Na+]. The molecule has 0 aliphatic heterocycles. The van der Waals surface area contributed by atoms with E-state index in [1.807, 2.05) is 0 Å². The van der Waals surface area contributed by atoms with Gasteiger partial charge in [0.05, 0.1) is 10.6 Å². The van der Waals surface area contributed by atoms with Gasteiger partial charge in [0.15, 0.2) is 0 Å². The van der Waals surface area contributed by atoms with Crippen LogP contribution in [0.15, 0.2) is 17.0 Å². The first-order valence-corrected chi connectivity index (χ1v) is 5.06. The third-order valence-corrected chi connectivity index (χ3v) is 2.64. The van der Waals surface area contributed by atoms with Gasteiger partial charge in [-0.15, -0.1) is 0 Å². The van der Waals surface area contributed by atoms with E-state index in [0.717, 1.165) is 0 Å². The van der Waals surface area contributed by atoms with Crippen molar-refractivity contribution >= 4 is 15.8 Å². The minimum absolute atomic E-state index is 0. The minimum atomic E-state index is -4.45. The molecule has 0 aliphatic carbocycles. The fourth-order valence-electron chi connectivity index (χ4n) is 1.15. The van der Waals surface area contributed by atoms with Crippen molar-refractivity contribution in [3.05, 3.63) is 23.3 Å². The second-order valence-electron chi connectivity index (χ2n) is 2.95. The molecule has 1 aromatic rings. The van der Waals surface area contributed by atoms with Gasteiger partial charge in [0.1, 0.15) is 10.1 Å². The molecule has 1 rings (SSSR count). The van der Waals surface area contributed by atoms with Gasteiger partial charge in [0.25, 0.3) is 0 Å². The van der Waals surface area contributed by atoms with Gasteiger partial charge in [0, 0.05) is 0 Å². The summed E-state index contributed by atoms with van der Waals surface area (Å²) >= 11 is 0. The molecule has 0 unspecified atom stereocenters. The molecule has 0 radical (unpaired) electrons. The number of nitrogens with two attached hydrogens (primary N) is 1. The average molecular weight is 223 g/mol. The van der Waals surface area contributed by atoms with Crippen molar-refractivity contribution in [2.45, 2.75) is 18.7 Å². The van der Waals surface area contributed by atoms with Crippen LogP contribution in [0.2, 0.25) is 0 Å². The predicted molar refractivity (Wildman–Crippen MR) is 48.3 cm³/mol. The van der Waals surface area contributed by atoms with Gasteiger partial charge in [-0.3, -0.25) is 0 Å². The van der Waals surface area contributed by atoms with Crippen LogP contribution in [0.5, 0.6) is 0 Å². The van der Waals surface area contributed by atoms with Crippen LogP contribution >= 0.6 is 0 Å². The third kappa shape index (κ3) is 2.96. The summed E-state index contributed by atoms with van der Waals surface area (Å²) in [5, 5.41) is 0. The molecule has 0 heterocycles. The standard InChI is InChI=1S/C8H11NO3S.Na/c1-5-3-6(2)8(9)7(4-5)13(10,11)12;/h3-4H,9H2,1-2H3,(H,10,11,12);/q;+1/p-1. The van der Waals surface area contributed by atoms with Crippen molar-refractivity contribution in [3.63, 3.8) is 0 Å². The Morgan fingerprint density at radius 1 is 1.29 bits per heavy atom. The van der Waals surface area contributed by atoms with E-state index in [1.54, 1.807) is 19.9 Å². The van der Waals surface area contributed by atoms with Gasteiger partial charge in [-0.2, -0.15) is 0 Å². The summed E-state index contributed by atoms with van der Waals surface area (Å²) in [6, 6.07) is 3.01. The van der Waals surface area contributed by atoms with E-state index in [-0.39, 0.29) is 40.1 Å². The smallest absolute Gasteiger partial charge is 0.744 e. The molecular formula is C8H10NNaO3S. The number of hydrogen-bond donors (Lipinski definition) is 1. The molecular weight excluding hydrogens is 213 g/mol. The summed E-state index contributed by atoms with van der Waals surface area (Å²) in [7, 11) is -4.45. The maximum absolute atomic E-state index is 10.7. The van der Waals surface area contributed by atoms with Crippen LogP contribution in [-0.2, 0) is 10.1 Å². The predicted octanol–water partition coefficient (Wildman–Crippen LogP) is -2.21. The maximum Gasteiger partial charge on any atom is 1.00 e. The molecule has 0 atom stereocenters. The van der Waals surface area contributed by atoms with Crippen LogP contribution in [0.4, 0.5) is 5.69 Å². The van der Waals surface area contributed by atoms with E-state index in [1.165, 1.54) is 6.07 Å². The molecule has 0 bridgehead atoms. The number of nitrogen functional groups attached to an aromatic ring is 1. The Labute approximate surface area is 106 Å². The zero-order valence-electron chi connectivity index (χ0n) is 8.37. The van der Waals surface area contributed by atoms with Crippen LogP contribution in [0.3, 0.4) is 0 Å². The van der Waals surface area contributed by atoms with Gasteiger partial charge < -0.3 is 10.3 Å². The Kier molecular flexibility index (Phi) is 4.61. The van der Waals surface area contributed by atoms with E-state index in [2.05, 4.69) is 0 Å². The summed E-state index contributed by atoms with van der Waals surface area (Å²) < 4.78 is 32.2. The summed E-state index contributed by atoms with van der Waals surface area (Å²) in [5.74, 6) is 0. The van der Waals surface area contributed by atoms with Crippen LogP contribution in [0, 0.1) is 13.8 Å². The Morgan fingerprint density at radius 3 is 2.21 bits per heavy atom. The molecule has 0 amide bonds. The zero-order valence-corrected chi connectivity index (χ0v) is 11.2. The summed E-state index contributed by atoms with van der Waals surface area (Å²) in [4.78, 5) is -0.329. The van der Waals surface area contributed by atoms with Crippen molar-refractivity contribution in [2.24, 2.45) is 0 Å². The molecule has 14 heavy (non-hydrogen) atoms. The van der Waals surface area contributed by atoms with Gasteiger partial charge in [-0.1, -0.05) is 6.07 Å². The number of rotatable bonds is 1. The molecule has 1 aromatic carbocycles. The number of anilines is 1. The van der Waals surface area contributed by atoms with Crippen molar-refractivity contribution in [1.29, 1.82) is 0 Å². The number of aryl methyl sites for hydroxylation is 2. The fourth-order valence-corrected chi connectivity index (χ4v) is 1.91. The third-order valence-electron chi connectivity index (χ3n) is 1.76. The maximum atomic E-state index is 10.7. The molecule has 4 nitrogen and oxygen atoms in total. The largest absolute Gasteiger partial charge is 1.00 e. The summed E-state index contributed by atoms with van der Waals surface area (Å²) in [6.07, 6.45) is 0. The van der Waals surface area contributed by atoms with Crippen LogP contribution in [0.1, 0.15) is 11.1 Å². The Hall–Kier alpha value is -0.0700. The van der Waals surface area contributed by atoms with Gasteiger partial charge in [-0.05, 0) is 31.0 Å². The van der Waals surface area contributed by atoms with Crippen LogP contribution in [-0.4, -0.2) is 13.0 Å². The van der Waals surface area contributed by atoms with Gasteiger partial charge in [0.2, 0.25) is 0 Å². The van der Waals surface area contributed by atoms with E-state index in [4.69, 9.17) is 5.73 Å². The summed E-state index contributed by atoms with van der Waals surface area (Å²) in [5.41, 5.74) is 6.82. The molecule has 0 saturated heterocycles. The minimum Gasteiger partial charge on any atom is -0.744 e. The Bertz CT molecular complexity index is 442. The van der Waals surface area contributed by atoms with Crippen LogP contribution < -0.4 is 35.3 Å². The van der Waals surface area contributed by atoms with Gasteiger partial charge >= 0.3 is 29.6 Å². The Balaban J connectivity index is 0.00000169. The van der Waals surface area contributed by atoms with Gasteiger partial charge in [-0.25, -0.2) is 8.42 Å². The first-order chi connectivity index (χ1) is 5.82. The monoisotopic (exact) mass is 223 g/mol. The second-order valence-corrected chi connectivity index (χ2v) is 4.30. The molecule has 6 heteroatoms. The van der Waals surface area contributed by atoms with E-state index in [9.17, 15) is 13.0 Å². The molecule has 2 N–H and O–H groups in total. The van der Waals surface area contributed by atoms with Crippen molar-refractivity contribution in [1.82, 2.24) is 0 Å². The van der Waals surface area contributed by atoms with E-state index >= 15 is 0 Å². The quantitative estimate of drug-likeness (QED) is 0.332. The normalized spacial score (nSPS) is 10.8. The summed E-state index contributed by atoms with van der Waals surface area (Å²) in [6.45, 7) is 3.37. The van der Waals surface area contributed by atoms with Crippen molar-refractivity contribution in [3.8, 4) is 0 Å².